The largest absolute Gasteiger partial charge is 0.310 e. The predicted molar refractivity (Wildman–Crippen MR) is 275 cm³/mol. The Hall–Kier alpha value is -8.20. The maximum Gasteiger partial charge on any atom is 0.0727 e. The van der Waals surface area contributed by atoms with Gasteiger partial charge in [0.1, 0.15) is 0 Å². The van der Waals surface area contributed by atoms with Crippen LogP contribution in [0, 0.1) is 0 Å². The Morgan fingerprint density at radius 3 is 1.62 bits per heavy atom. The lowest BCUT2D eigenvalue weighted by atomic mass is 9.70. The summed E-state index contributed by atoms with van der Waals surface area (Å²) in [5.41, 5.74) is 24.9. The van der Waals surface area contributed by atoms with E-state index in [9.17, 15) is 0 Å². The zero-order valence-electron chi connectivity index (χ0n) is 36.7. The van der Waals surface area contributed by atoms with E-state index in [1.807, 2.05) is 0 Å². The van der Waals surface area contributed by atoms with Crippen LogP contribution in [0.2, 0.25) is 0 Å². The summed E-state index contributed by atoms with van der Waals surface area (Å²) in [6, 6.07) is 82.5. The highest BCUT2D eigenvalue weighted by Gasteiger charge is 2.53. The lowest BCUT2D eigenvalue weighted by Crippen LogP contribution is -2.26. The van der Waals surface area contributed by atoms with Crippen molar-refractivity contribution in [2.75, 3.05) is 4.90 Å². The van der Waals surface area contributed by atoms with Crippen molar-refractivity contribution in [2.45, 2.75) is 24.7 Å². The highest BCUT2D eigenvalue weighted by molar-refractivity contribution is 6.29. The number of hydrogen-bond acceptors (Lipinski definition) is 1. The minimum absolute atomic E-state index is 0.170. The molecule has 2 heterocycles. The molecule has 0 aliphatic heterocycles. The van der Waals surface area contributed by atoms with E-state index in [1.54, 1.807) is 0 Å². The molecule has 2 nitrogen and oxygen atoms in total. The molecule has 2 heteroatoms. The van der Waals surface area contributed by atoms with Gasteiger partial charge in [0.15, 0.2) is 0 Å². The van der Waals surface area contributed by atoms with Gasteiger partial charge in [-0.1, -0.05) is 196 Å². The molecule has 66 heavy (non-hydrogen) atoms. The van der Waals surface area contributed by atoms with Crippen molar-refractivity contribution in [2.24, 2.45) is 0 Å². The fraction of sp³-hybridized carbons (Fsp3) is 0.0625. The summed E-state index contributed by atoms with van der Waals surface area (Å²) in [5, 5.41) is 5.10. The second-order valence-corrected chi connectivity index (χ2v) is 19.1. The number of anilines is 3. The Labute approximate surface area is 383 Å². The Morgan fingerprint density at radius 2 is 0.894 bits per heavy atom. The molecule has 0 bridgehead atoms. The van der Waals surface area contributed by atoms with E-state index in [0.29, 0.717) is 0 Å². The molecule has 12 aromatic rings. The van der Waals surface area contributed by atoms with Crippen molar-refractivity contribution < 1.29 is 0 Å². The number of rotatable bonds is 4. The summed E-state index contributed by atoms with van der Waals surface area (Å²) < 4.78 is 2.62. The molecule has 308 valence electrons. The highest BCUT2D eigenvalue weighted by Crippen LogP contribution is 2.66. The average molecular weight is 839 g/mol. The first-order valence-corrected chi connectivity index (χ1v) is 23.3. The molecule has 2 aromatic heterocycles. The normalized spacial score (nSPS) is 14.5. The molecule has 0 N–H and O–H groups in total. The van der Waals surface area contributed by atoms with E-state index in [4.69, 9.17) is 0 Å². The van der Waals surface area contributed by atoms with Gasteiger partial charge in [-0.15, -0.1) is 0 Å². The Kier molecular flexibility index (Phi) is 6.98. The van der Waals surface area contributed by atoms with Crippen LogP contribution in [0.3, 0.4) is 0 Å². The first kappa shape index (κ1) is 36.2. The zero-order chi connectivity index (χ0) is 43.5. The molecule has 0 saturated heterocycles. The van der Waals surface area contributed by atoms with Gasteiger partial charge in [-0.05, 0) is 109 Å². The monoisotopic (exact) mass is 838 g/mol. The van der Waals surface area contributed by atoms with E-state index in [2.05, 4.69) is 242 Å². The van der Waals surface area contributed by atoms with E-state index in [1.165, 1.54) is 122 Å². The topological polar surface area (TPSA) is 7.65 Å². The third kappa shape index (κ3) is 4.37. The molecule has 3 aliphatic carbocycles. The summed E-state index contributed by atoms with van der Waals surface area (Å²) in [7, 11) is 0. The first-order valence-electron chi connectivity index (χ1n) is 23.3. The second kappa shape index (κ2) is 12.7. The number of benzene rings is 10. The summed E-state index contributed by atoms with van der Waals surface area (Å²) in [6.07, 6.45) is 0. The van der Waals surface area contributed by atoms with Crippen LogP contribution in [-0.4, -0.2) is 4.40 Å². The van der Waals surface area contributed by atoms with Crippen LogP contribution in [0.4, 0.5) is 17.1 Å². The van der Waals surface area contributed by atoms with Crippen LogP contribution in [0.1, 0.15) is 47.2 Å². The van der Waals surface area contributed by atoms with Crippen LogP contribution in [0.15, 0.2) is 218 Å². The van der Waals surface area contributed by atoms with Crippen molar-refractivity contribution in [3.05, 3.63) is 252 Å². The molecule has 0 radical (unpaired) electrons. The average Bonchev–Trinajstić information content (AvgIpc) is 4.13. The van der Waals surface area contributed by atoms with E-state index in [-0.39, 0.29) is 5.41 Å². The third-order valence-corrected chi connectivity index (χ3v) is 15.7. The molecular formula is C64H42N2. The molecule has 0 amide bonds. The van der Waals surface area contributed by atoms with Crippen molar-refractivity contribution in [1.29, 1.82) is 0 Å². The quantitative estimate of drug-likeness (QED) is 0.171. The first-order chi connectivity index (χ1) is 32.5. The molecule has 0 fully saturated rings. The molecule has 15 rings (SSSR count). The van der Waals surface area contributed by atoms with Gasteiger partial charge in [-0.2, -0.15) is 0 Å². The Morgan fingerprint density at radius 1 is 0.364 bits per heavy atom. The van der Waals surface area contributed by atoms with Crippen LogP contribution in [-0.2, 0) is 10.8 Å². The highest BCUT2D eigenvalue weighted by atomic mass is 15.1. The zero-order valence-corrected chi connectivity index (χ0v) is 36.7. The maximum absolute atomic E-state index is 2.62. The van der Waals surface area contributed by atoms with E-state index in [0.717, 1.165) is 11.4 Å². The summed E-state index contributed by atoms with van der Waals surface area (Å²) in [5.74, 6) is 0. The third-order valence-electron chi connectivity index (χ3n) is 15.7. The number of hydrogen-bond donors (Lipinski definition) is 0. The van der Waals surface area contributed by atoms with Gasteiger partial charge in [-0.3, -0.25) is 0 Å². The van der Waals surface area contributed by atoms with Gasteiger partial charge in [0.25, 0.3) is 0 Å². The van der Waals surface area contributed by atoms with E-state index >= 15 is 0 Å². The number of aromatic nitrogens is 1. The van der Waals surface area contributed by atoms with Crippen molar-refractivity contribution >= 4 is 55.2 Å². The standard InChI is InChI=1S/C64H42N2/c1-63(2)51-26-11-6-19-43(51)46-36-35-42(37-55(46)63)65(41-33-31-40(32-34-41)39-17-4-3-5-18-39)58-38-56-59(62-60(58)50-25-16-24-48-47-22-10-15-30-57(47)66(62)61(48)50)49-23-9-14-29-54(49)64(56)52-27-12-7-20-44(52)45-21-8-13-28-53(45)64/h3-38H,1-2H3. The van der Waals surface area contributed by atoms with Gasteiger partial charge in [0.2, 0.25) is 0 Å². The Balaban J connectivity index is 1.13. The molecule has 0 unspecified atom stereocenters. The SMILES string of the molecule is CC1(C)c2ccccc2-c2ccc(N(c3ccc(-c4ccccc4)cc3)c3cc4c(c5c3c3cccc6c7ccccc7n5c63)-c3ccccc3C43c4ccccc4-c4ccccc43)cc21. The molecule has 1 spiro atoms. The minimum Gasteiger partial charge on any atom is -0.310 e. The molecule has 3 aliphatic rings. The predicted octanol–water partition coefficient (Wildman–Crippen LogP) is 16.6. The van der Waals surface area contributed by atoms with Crippen molar-refractivity contribution in [1.82, 2.24) is 4.40 Å². The summed E-state index contributed by atoms with van der Waals surface area (Å²) in [6.45, 7) is 4.78. The number of para-hydroxylation sites is 2. The fourth-order valence-electron chi connectivity index (χ4n) is 13.0. The maximum atomic E-state index is 2.62. The number of nitrogens with zero attached hydrogens (tertiary/aromatic N) is 2. The minimum atomic E-state index is -0.538. The van der Waals surface area contributed by atoms with Crippen LogP contribution in [0.25, 0.3) is 82.6 Å². The molecule has 0 atom stereocenters. The molecule has 10 aromatic carbocycles. The van der Waals surface area contributed by atoms with Gasteiger partial charge >= 0.3 is 0 Å². The van der Waals surface area contributed by atoms with Gasteiger partial charge in [0, 0.05) is 43.9 Å². The van der Waals surface area contributed by atoms with Crippen molar-refractivity contribution in [3.63, 3.8) is 0 Å². The van der Waals surface area contributed by atoms with Crippen molar-refractivity contribution in [3.8, 4) is 44.5 Å². The van der Waals surface area contributed by atoms with Crippen LogP contribution in [0.5, 0.6) is 0 Å². The smallest absolute Gasteiger partial charge is 0.0727 e. The van der Waals surface area contributed by atoms with Gasteiger partial charge in [0.05, 0.1) is 27.7 Å². The second-order valence-electron chi connectivity index (χ2n) is 19.1. The Bertz CT molecular complexity index is 3970. The van der Waals surface area contributed by atoms with Crippen LogP contribution < -0.4 is 4.90 Å². The van der Waals surface area contributed by atoms with Crippen LogP contribution >= 0.6 is 0 Å². The lowest BCUT2D eigenvalue weighted by Gasteiger charge is -2.33. The summed E-state index contributed by atoms with van der Waals surface area (Å²) in [4.78, 5) is 2.59. The van der Waals surface area contributed by atoms with Gasteiger partial charge in [-0.25, -0.2) is 0 Å². The number of fused-ring (bicyclic) bond motifs is 20. The molecule has 0 saturated carbocycles. The fourth-order valence-corrected chi connectivity index (χ4v) is 13.0. The summed E-state index contributed by atoms with van der Waals surface area (Å²) >= 11 is 0. The molecular weight excluding hydrogens is 797 g/mol. The van der Waals surface area contributed by atoms with E-state index < -0.39 is 5.41 Å². The van der Waals surface area contributed by atoms with Gasteiger partial charge < -0.3 is 9.30 Å². The lowest BCUT2D eigenvalue weighted by molar-refractivity contribution is 0.660.